The second-order valence-electron chi connectivity index (χ2n) is 3.46. The summed E-state index contributed by atoms with van der Waals surface area (Å²) >= 11 is 0. The minimum atomic E-state index is 0.169. The maximum absolute atomic E-state index is 10.9. The number of fused-ring (bicyclic) bond motifs is 1. The van der Waals surface area contributed by atoms with Crippen molar-refractivity contribution in [2.75, 3.05) is 0 Å². The van der Waals surface area contributed by atoms with Crippen molar-refractivity contribution in [1.82, 2.24) is 0 Å². The minimum absolute atomic E-state index is 0.169. The maximum Gasteiger partial charge on any atom is 0.134 e. The zero-order valence-corrected chi connectivity index (χ0v) is 8.04. The van der Waals surface area contributed by atoms with Crippen molar-refractivity contribution in [2.24, 2.45) is 0 Å². The summed E-state index contributed by atoms with van der Waals surface area (Å²) in [5, 5.41) is 2.02. The van der Waals surface area contributed by atoms with Crippen molar-refractivity contribution < 1.29 is 9.21 Å². The molecule has 1 aromatic carbocycles. The van der Waals surface area contributed by atoms with E-state index in [4.69, 9.17) is 4.42 Å². The minimum Gasteiger partial charge on any atom is -0.468 e. The van der Waals surface area contributed by atoms with Crippen LogP contribution < -0.4 is 0 Å². The largest absolute Gasteiger partial charge is 0.468 e. The molecule has 0 spiro atoms. The van der Waals surface area contributed by atoms with Gasteiger partial charge in [-0.15, -0.1) is 0 Å². The Morgan fingerprint density at radius 2 is 2.29 bits per heavy atom. The molecular formula is C12H11O2. The summed E-state index contributed by atoms with van der Waals surface area (Å²) in [5.74, 6) is 0.845. The fraction of sp³-hybridized carbons (Fsp3) is 0.167. The zero-order valence-electron chi connectivity index (χ0n) is 8.04. The van der Waals surface area contributed by atoms with E-state index in [0.717, 1.165) is 16.3 Å². The van der Waals surface area contributed by atoms with Gasteiger partial charge in [0.25, 0.3) is 0 Å². The molecule has 2 rings (SSSR count). The molecule has 2 heteroatoms. The molecule has 2 nitrogen and oxygen atoms in total. The number of furan rings is 1. The molecule has 2 aromatic rings. The van der Waals surface area contributed by atoms with Crippen molar-refractivity contribution in [3.63, 3.8) is 0 Å². The standard InChI is InChI=1S/C12H11O2/c1-8(13)5-10-3-4-12-9(2)14-7-11(12)6-10/h3-4,6-7H,2,5H2,1H3. The third-order valence-electron chi connectivity index (χ3n) is 2.20. The highest BCUT2D eigenvalue weighted by molar-refractivity contribution is 5.86. The highest BCUT2D eigenvalue weighted by atomic mass is 16.3. The summed E-state index contributed by atoms with van der Waals surface area (Å²) in [4.78, 5) is 10.9. The molecular weight excluding hydrogens is 176 g/mol. The lowest BCUT2D eigenvalue weighted by molar-refractivity contribution is -0.116. The zero-order chi connectivity index (χ0) is 10.1. The van der Waals surface area contributed by atoms with Crippen LogP contribution in [0.4, 0.5) is 0 Å². The summed E-state index contributed by atoms with van der Waals surface area (Å²) in [5.41, 5.74) is 1.02. The second kappa shape index (κ2) is 3.29. The van der Waals surface area contributed by atoms with Gasteiger partial charge in [0, 0.05) is 24.1 Å². The molecule has 1 heterocycles. The lowest BCUT2D eigenvalue weighted by Crippen LogP contribution is -1.95. The maximum atomic E-state index is 10.9. The van der Waals surface area contributed by atoms with E-state index in [0.29, 0.717) is 12.2 Å². The Morgan fingerprint density at radius 3 is 3.00 bits per heavy atom. The monoisotopic (exact) mass is 187 g/mol. The van der Waals surface area contributed by atoms with Crippen molar-refractivity contribution in [3.8, 4) is 0 Å². The van der Waals surface area contributed by atoms with Crippen LogP contribution in [0.15, 0.2) is 28.9 Å². The molecule has 0 aliphatic rings. The molecule has 14 heavy (non-hydrogen) atoms. The quantitative estimate of drug-likeness (QED) is 0.723. The number of hydrogen-bond acceptors (Lipinski definition) is 2. The van der Waals surface area contributed by atoms with E-state index in [1.807, 2.05) is 18.2 Å². The molecule has 0 saturated heterocycles. The van der Waals surface area contributed by atoms with E-state index in [1.165, 1.54) is 0 Å². The molecule has 0 amide bonds. The summed E-state index contributed by atoms with van der Waals surface area (Å²) < 4.78 is 5.18. The Balaban J connectivity index is 2.46. The Hall–Kier alpha value is -1.57. The number of Topliss-reactive ketones (excluding diaryl/α,β-unsaturated/α-hetero) is 1. The highest BCUT2D eigenvalue weighted by Crippen LogP contribution is 2.21. The SMILES string of the molecule is [CH2]c1occ2cc(CC(C)=O)ccc12. The lowest BCUT2D eigenvalue weighted by Gasteiger charge is -1.97. The highest BCUT2D eigenvalue weighted by Gasteiger charge is 2.03. The van der Waals surface area contributed by atoms with Crippen LogP contribution in [0.25, 0.3) is 10.8 Å². The first kappa shape index (κ1) is 9.00. The first-order valence-corrected chi connectivity index (χ1v) is 4.48. The Morgan fingerprint density at radius 1 is 1.50 bits per heavy atom. The number of benzene rings is 1. The van der Waals surface area contributed by atoms with Crippen LogP contribution in [0, 0.1) is 6.92 Å². The van der Waals surface area contributed by atoms with E-state index in [-0.39, 0.29) is 5.78 Å². The molecule has 0 bridgehead atoms. The summed E-state index contributed by atoms with van der Waals surface area (Å²) in [6, 6.07) is 5.85. The summed E-state index contributed by atoms with van der Waals surface area (Å²) in [7, 11) is 0. The fourth-order valence-electron chi connectivity index (χ4n) is 1.56. The van der Waals surface area contributed by atoms with Crippen molar-refractivity contribution in [1.29, 1.82) is 0 Å². The van der Waals surface area contributed by atoms with Crippen molar-refractivity contribution in [2.45, 2.75) is 13.3 Å². The number of hydrogen-bond donors (Lipinski definition) is 0. The molecule has 1 radical (unpaired) electrons. The molecule has 1 aromatic heterocycles. The van der Waals surface area contributed by atoms with Crippen LogP contribution in [0.2, 0.25) is 0 Å². The predicted molar refractivity (Wildman–Crippen MR) is 55.1 cm³/mol. The van der Waals surface area contributed by atoms with Gasteiger partial charge in [-0.3, -0.25) is 4.79 Å². The van der Waals surface area contributed by atoms with Gasteiger partial charge in [-0.1, -0.05) is 12.1 Å². The Bertz CT molecular complexity index is 480. The van der Waals surface area contributed by atoms with Gasteiger partial charge in [0.15, 0.2) is 0 Å². The van der Waals surface area contributed by atoms with Crippen molar-refractivity contribution in [3.05, 3.63) is 42.7 Å². The molecule has 0 saturated carbocycles. The molecule has 0 aliphatic heterocycles. The van der Waals surface area contributed by atoms with Crippen LogP contribution >= 0.6 is 0 Å². The number of carbonyl (C=O) groups excluding carboxylic acids is 1. The molecule has 0 N–H and O–H groups in total. The second-order valence-corrected chi connectivity index (χ2v) is 3.46. The first-order valence-electron chi connectivity index (χ1n) is 4.48. The number of carbonyl (C=O) groups is 1. The van der Waals surface area contributed by atoms with Crippen molar-refractivity contribution >= 4 is 16.6 Å². The van der Waals surface area contributed by atoms with Gasteiger partial charge in [0.05, 0.1) is 6.26 Å². The summed E-state index contributed by atoms with van der Waals surface area (Å²) in [6.45, 7) is 5.36. The van der Waals surface area contributed by atoms with Gasteiger partial charge in [0.1, 0.15) is 11.5 Å². The molecule has 0 unspecified atom stereocenters. The normalized spacial score (nSPS) is 10.7. The van der Waals surface area contributed by atoms with Crippen LogP contribution in [-0.4, -0.2) is 5.78 Å². The van der Waals surface area contributed by atoms with Gasteiger partial charge < -0.3 is 4.42 Å². The van der Waals surface area contributed by atoms with E-state index in [1.54, 1.807) is 13.2 Å². The smallest absolute Gasteiger partial charge is 0.134 e. The predicted octanol–water partition coefficient (Wildman–Crippen LogP) is 2.75. The van der Waals surface area contributed by atoms with E-state index in [9.17, 15) is 4.79 Å². The van der Waals surface area contributed by atoms with Gasteiger partial charge >= 0.3 is 0 Å². The van der Waals surface area contributed by atoms with Gasteiger partial charge in [-0.25, -0.2) is 0 Å². The van der Waals surface area contributed by atoms with Gasteiger partial charge in [-0.2, -0.15) is 0 Å². The third-order valence-corrected chi connectivity index (χ3v) is 2.20. The lowest BCUT2D eigenvalue weighted by atomic mass is 10.1. The van der Waals surface area contributed by atoms with Gasteiger partial charge in [0.2, 0.25) is 0 Å². The summed E-state index contributed by atoms with van der Waals surface area (Å²) in [6.07, 6.45) is 2.15. The average molecular weight is 187 g/mol. The fourth-order valence-corrected chi connectivity index (χ4v) is 1.56. The van der Waals surface area contributed by atoms with Gasteiger partial charge in [-0.05, 0) is 18.6 Å². The van der Waals surface area contributed by atoms with Crippen LogP contribution in [0.5, 0.6) is 0 Å². The average Bonchev–Trinajstić information content (AvgIpc) is 2.46. The first-order chi connectivity index (χ1) is 6.66. The van der Waals surface area contributed by atoms with Crippen LogP contribution in [0.1, 0.15) is 18.2 Å². The van der Waals surface area contributed by atoms with E-state index >= 15 is 0 Å². The van der Waals surface area contributed by atoms with E-state index < -0.39 is 0 Å². The van der Waals surface area contributed by atoms with Crippen LogP contribution in [-0.2, 0) is 11.2 Å². The van der Waals surface area contributed by atoms with Crippen LogP contribution in [0.3, 0.4) is 0 Å². The Kier molecular flexibility index (Phi) is 2.12. The van der Waals surface area contributed by atoms with E-state index in [2.05, 4.69) is 6.92 Å². The molecule has 0 atom stereocenters. The molecule has 71 valence electrons. The molecule has 0 aliphatic carbocycles. The number of rotatable bonds is 2. The topological polar surface area (TPSA) is 30.2 Å². The Labute approximate surface area is 82.5 Å². The third kappa shape index (κ3) is 1.55. The molecule has 0 fully saturated rings. The number of ketones is 1.